The van der Waals surface area contributed by atoms with Crippen molar-refractivity contribution in [3.8, 4) is 0 Å². The molecule has 1 aliphatic heterocycles. The molecule has 2 heterocycles. The molecule has 1 amide bonds. The van der Waals surface area contributed by atoms with Crippen molar-refractivity contribution < 1.29 is 22.7 Å². The third-order valence-corrected chi connectivity index (χ3v) is 6.48. The van der Waals surface area contributed by atoms with Crippen molar-refractivity contribution >= 4 is 32.6 Å². The number of sulfone groups is 1. The predicted molar refractivity (Wildman–Crippen MR) is 97.8 cm³/mol. The lowest BCUT2D eigenvalue weighted by Crippen LogP contribution is -2.52. The van der Waals surface area contributed by atoms with Gasteiger partial charge >= 0.3 is 5.97 Å². The van der Waals surface area contributed by atoms with Gasteiger partial charge in [-0.1, -0.05) is 19.1 Å². The second-order valence-corrected chi connectivity index (χ2v) is 8.69. The average Bonchev–Trinajstić information content (AvgIpc) is 3.04. The first kappa shape index (κ1) is 18.4. The van der Waals surface area contributed by atoms with Gasteiger partial charge in [0.05, 0.1) is 31.1 Å². The number of carbonyl (C=O) groups excluding carboxylic acids is 2. The summed E-state index contributed by atoms with van der Waals surface area (Å²) < 4.78 is 28.6. The molecule has 1 aromatic carbocycles. The molecule has 26 heavy (non-hydrogen) atoms. The highest BCUT2D eigenvalue weighted by Crippen LogP contribution is 2.24. The molecule has 1 atom stereocenters. The van der Waals surface area contributed by atoms with Crippen molar-refractivity contribution in [1.29, 1.82) is 0 Å². The molecular weight excluding hydrogens is 356 g/mol. The molecule has 0 aliphatic carbocycles. The van der Waals surface area contributed by atoms with Crippen molar-refractivity contribution in [2.45, 2.75) is 25.8 Å². The van der Waals surface area contributed by atoms with Gasteiger partial charge in [0.2, 0.25) is 0 Å². The molecule has 3 rings (SSSR count). The van der Waals surface area contributed by atoms with E-state index in [1.54, 1.807) is 6.07 Å². The van der Waals surface area contributed by atoms with E-state index in [0.717, 1.165) is 22.9 Å². The first-order chi connectivity index (χ1) is 12.3. The molecule has 0 radical (unpaired) electrons. The molecule has 1 unspecified atom stereocenters. The van der Waals surface area contributed by atoms with Gasteiger partial charge in [-0.15, -0.1) is 0 Å². The zero-order valence-electron chi connectivity index (χ0n) is 14.8. The molecule has 140 valence electrons. The number of methoxy groups -OCH3 is 1. The Bertz CT molecular complexity index is 948. The number of benzene rings is 1. The van der Waals surface area contributed by atoms with Crippen molar-refractivity contribution in [2.75, 3.05) is 25.2 Å². The molecule has 1 aromatic heterocycles. The monoisotopic (exact) mass is 378 g/mol. The normalized spacial score (nSPS) is 19.5. The minimum atomic E-state index is -3.28. The van der Waals surface area contributed by atoms with Crippen molar-refractivity contribution in [3.63, 3.8) is 0 Å². The fourth-order valence-corrected chi connectivity index (χ4v) is 4.92. The quantitative estimate of drug-likeness (QED) is 0.814. The topological polar surface area (TPSA) is 96.5 Å². The summed E-state index contributed by atoms with van der Waals surface area (Å²) in [5.74, 6) is -1.16. The number of aromatic nitrogens is 1. The second-order valence-electron chi connectivity index (χ2n) is 6.46. The summed E-state index contributed by atoms with van der Waals surface area (Å²) in [6.07, 6.45) is 0.706. The third kappa shape index (κ3) is 3.60. The number of amides is 1. The fourth-order valence-electron chi connectivity index (χ4n) is 3.39. The number of aromatic amines is 1. The van der Waals surface area contributed by atoms with Crippen LogP contribution in [-0.2, 0) is 25.8 Å². The van der Waals surface area contributed by atoms with Crippen LogP contribution in [0.3, 0.4) is 0 Å². The number of nitrogens with one attached hydrogen (secondary N) is 1. The van der Waals surface area contributed by atoms with Gasteiger partial charge in [-0.3, -0.25) is 9.59 Å². The lowest BCUT2D eigenvalue weighted by Gasteiger charge is -2.34. The maximum absolute atomic E-state index is 13.0. The van der Waals surface area contributed by atoms with Crippen LogP contribution in [0.1, 0.15) is 29.4 Å². The van der Waals surface area contributed by atoms with Gasteiger partial charge in [-0.25, -0.2) is 8.42 Å². The number of carbonyl (C=O) groups is 2. The van der Waals surface area contributed by atoms with Crippen LogP contribution >= 0.6 is 0 Å². The Morgan fingerprint density at radius 3 is 2.81 bits per heavy atom. The van der Waals surface area contributed by atoms with Gasteiger partial charge in [-0.2, -0.15) is 0 Å². The second kappa shape index (κ2) is 7.11. The lowest BCUT2D eigenvalue weighted by molar-refractivity contribution is -0.141. The molecule has 0 saturated carbocycles. The van der Waals surface area contributed by atoms with E-state index in [1.807, 2.05) is 25.1 Å². The molecule has 0 bridgehead atoms. The maximum Gasteiger partial charge on any atom is 0.307 e. The zero-order valence-corrected chi connectivity index (χ0v) is 15.6. The van der Waals surface area contributed by atoms with Crippen LogP contribution in [0.4, 0.5) is 0 Å². The van der Waals surface area contributed by atoms with Gasteiger partial charge in [0.15, 0.2) is 9.84 Å². The summed E-state index contributed by atoms with van der Waals surface area (Å²) in [6.45, 7) is 2.12. The Balaban J connectivity index is 1.92. The van der Waals surface area contributed by atoms with E-state index in [1.165, 1.54) is 12.0 Å². The highest BCUT2D eigenvalue weighted by atomic mass is 32.2. The van der Waals surface area contributed by atoms with Gasteiger partial charge in [0.1, 0.15) is 5.69 Å². The molecule has 1 saturated heterocycles. The molecule has 1 N–H and O–H groups in total. The van der Waals surface area contributed by atoms with E-state index in [-0.39, 0.29) is 30.4 Å². The van der Waals surface area contributed by atoms with Crippen molar-refractivity contribution in [1.82, 2.24) is 9.88 Å². The number of aryl methyl sites for hydroxylation is 1. The summed E-state index contributed by atoms with van der Waals surface area (Å²) in [5, 5.41) is 0.979. The van der Waals surface area contributed by atoms with Gasteiger partial charge < -0.3 is 14.6 Å². The zero-order chi connectivity index (χ0) is 18.9. The summed E-state index contributed by atoms with van der Waals surface area (Å²) in [7, 11) is -2.04. The summed E-state index contributed by atoms with van der Waals surface area (Å²) >= 11 is 0. The highest BCUT2D eigenvalue weighted by Gasteiger charge is 2.36. The molecule has 8 heteroatoms. The minimum absolute atomic E-state index is 0.0683. The standard InChI is InChI=1S/C18H22N2O5S/c1-3-12-5-4-6-15-14(12)10-16(19-15)18(22)20-7-8-26(23,24)11-13(20)9-17(21)25-2/h4-6,10,13,19H,3,7-9,11H2,1-2H3. The number of rotatable bonds is 4. The number of H-pyrrole nitrogens is 1. The minimum Gasteiger partial charge on any atom is -0.469 e. The van der Waals surface area contributed by atoms with Crippen LogP contribution in [0.15, 0.2) is 24.3 Å². The number of hydrogen-bond acceptors (Lipinski definition) is 5. The van der Waals surface area contributed by atoms with E-state index in [4.69, 9.17) is 0 Å². The van der Waals surface area contributed by atoms with Gasteiger partial charge in [0, 0.05) is 17.4 Å². The van der Waals surface area contributed by atoms with Crippen LogP contribution in [0.25, 0.3) is 10.9 Å². The molecule has 7 nitrogen and oxygen atoms in total. The molecule has 1 aliphatic rings. The number of hydrogen-bond donors (Lipinski definition) is 1. The molecule has 0 spiro atoms. The van der Waals surface area contributed by atoms with E-state index in [9.17, 15) is 18.0 Å². The fraction of sp³-hybridized carbons (Fsp3) is 0.444. The summed E-state index contributed by atoms with van der Waals surface area (Å²) in [6, 6.07) is 6.93. The van der Waals surface area contributed by atoms with Crippen LogP contribution in [0.2, 0.25) is 0 Å². The smallest absolute Gasteiger partial charge is 0.307 e. The van der Waals surface area contributed by atoms with E-state index in [2.05, 4.69) is 9.72 Å². The lowest BCUT2D eigenvalue weighted by atomic mass is 10.1. The van der Waals surface area contributed by atoms with Gasteiger partial charge in [-0.05, 0) is 24.1 Å². The largest absolute Gasteiger partial charge is 0.469 e. The highest BCUT2D eigenvalue weighted by molar-refractivity contribution is 7.91. The molecular formula is C18H22N2O5S. The van der Waals surface area contributed by atoms with Crippen molar-refractivity contribution in [2.24, 2.45) is 0 Å². The van der Waals surface area contributed by atoms with Crippen LogP contribution in [0.5, 0.6) is 0 Å². The average molecular weight is 378 g/mol. The number of esters is 1. The van der Waals surface area contributed by atoms with Gasteiger partial charge in [0.25, 0.3) is 5.91 Å². The summed E-state index contributed by atoms with van der Waals surface area (Å²) in [4.78, 5) is 29.3. The first-order valence-electron chi connectivity index (χ1n) is 8.53. The van der Waals surface area contributed by atoms with E-state index >= 15 is 0 Å². The maximum atomic E-state index is 13.0. The van der Waals surface area contributed by atoms with Crippen LogP contribution < -0.4 is 0 Å². The Hall–Kier alpha value is -2.35. The SMILES string of the molecule is CCc1cccc2[nH]c(C(=O)N3CCS(=O)(=O)CC3CC(=O)OC)cc12. The Kier molecular flexibility index (Phi) is 5.04. The van der Waals surface area contributed by atoms with E-state index < -0.39 is 21.8 Å². The molecule has 2 aromatic rings. The first-order valence-corrected chi connectivity index (χ1v) is 10.4. The molecule has 1 fully saturated rings. The predicted octanol–water partition coefficient (Wildman–Crippen LogP) is 1.53. The van der Waals surface area contributed by atoms with Crippen LogP contribution in [0, 0.1) is 0 Å². The number of ether oxygens (including phenoxy) is 1. The summed E-state index contributed by atoms with van der Waals surface area (Å²) in [5.41, 5.74) is 2.39. The van der Waals surface area contributed by atoms with E-state index in [0.29, 0.717) is 5.69 Å². The Morgan fingerprint density at radius 2 is 2.12 bits per heavy atom. The number of fused-ring (bicyclic) bond motifs is 1. The Morgan fingerprint density at radius 1 is 1.35 bits per heavy atom. The number of nitrogens with zero attached hydrogens (tertiary/aromatic N) is 1. The third-order valence-electron chi connectivity index (χ3n) is 4.79. The van der Waals surface area contributed by atoms with Crippen LogP contribution in [-0.4, -0.2) is 61.4 Å². The van der Waals surface area contributed by atoms with Crippen molar-refractivity contribution in [3.05, 3.63) is 35.5 Å². The Labute approximate surface area is 152 Å².